The fourth-order valence-corrected chi connectivity index (χ4v) is 2.44. The Balaban J connectivity index is 2.22. The predicted octanol–water partition coefficient (Wildman–Crippen LogP) is 3.56. The van der Waals surface area contributed by atoms with Gasteiger partial charge in [-0.05, 0) is 29.8 Å². The molecule has 6 nitrogen and oxygen atoms in total. The zero-order valence-electron chi connectivity index (χ0n) is 12.7. The molecule has 0 saturated carbocycles. The molecule has 1 N–H and O–H groups in total. The molecule has 0 aliphatic heterocycles. The Bertz CT molecular complexity index is 749. The summed E-state index contributed by atoms with van der Waals surface area (Å²) in [4.78, 5) is 24.5. The highest BCUT2D eigenvalue weighted by molar-refractivity contribution is 6.30. The molecular weight excluding hydrogens is 318 g/mol. The van der Waals surface area contributed by atoms with E-state index in [1.165, 1.54) is 17.0 Å². The molecule has 2 aromatic carbocycles. The van der Waals surface area contributed by atoms with Crippen LogP contribution in [0.4, 0.5) is 11.4 Å². The van der Waals surface area contributed by atoms with Crippen molar-refractivity contribution in [1.29, 1.82) is 0 Å². The first-order valence-corrected chi connectivity index (χ1v) is 7.26. The number of anilines is 1. The molecule has 2 aromatic rings. The van der Waals surface area contributed by atoms with E-state index in [1.54, 1.807) is 32.3 Å². The summed E-state index contributed by atoms with van der Waals surface area (Å²) >= 11 is 5.93. The number of hydrogen-bond donors (Lipinski definition) is 1. The molecule has 0 atom stereocenters. The van der Waals surface area contributed by atoms with Crippen LogP contribution in [0.15, 0.2) is 42.5 Å². The Hall–Kier alpha value is -2.60. The molecule has 0 aliphatic carbocycles. The van der Waals surface area contributed by atoms with Crippen LogP contribution >= 0.6 is 11.6 Å². The predicted molar refractivity (Wildman–Crippen MR) is 89.9 cm³/mol. The van der Waals surface area contributed by atoms with Crippen molar-refractivity contribution >= 4 is 28.9 Å². The van der Waals surface area contributed by atoms with E-state index in [9.17, 15) is 14.9 Å². The van der Waals surface area contributed by atoms with E-state index in [2.05, 4.69) is 5.32 Å². The van der Waals surface area contributed by atoms with Gasteiger partial charge in [0.25, 0.3) is 11.6 Å². The fraction of sp³-hybridized carbons (Fsp3) is 0.188. The van der Waals surface area contributed by atoms with Gasteiger partial charge in [0, 0.05) is 37.3 Å². The van der Waals surface area contributed by atoms with Crippen LogP contribution in [0.2, 0.25) is 5.02 Å². The minimum Gasteiger partial charge on any atom is -0.383 e. The highest BCUT2D eigenvalue weighted by Gasteiger charge is 2.19. The SMILES string of the molecule is CNc1ccc(C(=O)N(C)Cc2cccc(Cl)c2)cc1[N+](=O)[O-]. The third kappa shape index (κ3) is 3.98. The standard InChI is InChI=1S/C16H16ClN3O3/c1-18-14-7-6-12(9-15(14)20(22)23)16(21)19(2)10-11-4-3-5-13(17)8-11/h3-9,18H,10H2,1-2H3. The highest BCUT2D eigenvalue weighted by atomic mass is 35.5. The van der Waals surface area contributed by atoms with E-state index < -0.39 is 4.92 Å². The number of nitrogens with zero attached hydrogens (tertiary/aromatic N) is 2. The smallest absolute Gasteiger partial charge is 0.293 e. The molecule has 23 heavy (non-hydrogen) atoms. The number of nitro groups is 1. The van der Waals surface area contributed by atoms with E-state index in [0.717, 1.165) is 5.56 Å². The van der Waals surface area contributed by atoms with Gasteiger partial charge < -0.3 is 10.2 Å². The number of nitro benzene ring substituents is 1. The van der Waals surface area contributed by atoms with E-state index >= 15 is 0 Å². The number of carbonyl (C=O) groups excluding carboxylic acids is 1. The van der Waals surface area contributed by atoms with Crippen LogP contribution in [-0.2, 0) is 6.54 Å². The van der Waals surface area contributed by atoms with Crippen LogP contribution in [0, 0.1) is 10.1 Å². The summed E-state index contributed by atoms with van der Waals surface area (Å²) in [5, 5.41) is 14.4. The molecule has 0 bridgehead atoms. The van der Waals surface area contributed by atoms with Gasteiger partial charge in [-0.25, -0.2) is 0 Å². The van der Waals surface area contributed by atoms with Crippen molar-refractivity contribution in [3.63, 3.8) is 0 Å². The maximum atomic E-state index is 12.5. The molecule has 1 amide bonds. The molecule has 0 aromatic heterocycles. The first-order valence-electron chi connectivity index (χ1n) is 6.88. The van der Waals surface area contributed by atoms with Gasteiger partial charge in [-0.1, -0.05) is 23.7 Å². The van der Waals surface area contributed by atoms with Gasteiger partial charge in [0.05, 0.1) is 4.92 Å². The first-order chi connectivity index (χ1) is 10.9. The van der Waals surface area contributed by atoms with Crippen molar-refractivity contribution in [2.24, 2.45) is 0 Å². The quantitative estimate of drug-likeness (QED) is 0.670. The fourth-order valence-electron chi connectivity index (χ4n) is 2.23. The Morgan fingerprint density at radius 1 is 1.30 bits per heavy atom. The zero-order valence-corrected chi connectivity index (χ0v) is 13.5. The number of benzene rings is 2. The minimum absolute atomic E-state index is 0.130. The topological polar surface area (TPSA) is 75.5 Å². The van der Waals surface area contributed by atoms with E-state index in [-0.39, 0.29) is 17.2 Å². The molecule has 0 saturated heterocycles. The van der Waals surface area contributed by atoms with Crippen LogP contribution in [0.3, 0.4) is 0 Å². The third-order valence-electron chi connectivity index (χ3n) is 3.37. The van der Waals surface area contributed by atoms with Crippen molar-refractivity contribution in [2.75, 3.05) is 19.4 Å². The van der Waals surface area contributed by atoms with Gasteiger partial charge in [-0.3, -0.25) is 14.9 Å². The average molecular weight is 334 g/mol. The van der Waals surface area contributed by atoms with Crippen molar-refractivity contribution in [2.45, 2.75) is 6.54 Å². The van der Waals surface area contributed by atoms with Crippen LogP contribution < -0.4 is 5.32 Å². The van der Waals surface area contributed by atoms with Gasteiger partial charge >= 0.3 is 0 Å². The Morgan fingerprint density at radius 3 is 2.65 bits per heavy atom. The van der Waals surface area contributed by atoms with E-state index in [0.29, 0.717) is 17.3 Å². The van der Waals surface area contributed by atoms with Gasteiger partial charge in [0.1, 0.15) is 5.69 Å². The number of rotatable bonds is 5. The van der Waals surface area contributed by atoms with Crippen LogP contribution in [0.1, 0.15) is 15.9 Å². The number of carbonyl (C=O) groups is 1. The van der Waals surface area contributed by atoms with Crippen LogP contribution in [0.25, 0.3) is 0 Å². The summed E-state index contributed by atoms with van der Waals surface area (Å²) in [6.45, 7) is 0.362. The normalized spacial score (nSPS) is 10.2. The van der Waals surface area contributed by atoms with Crippen molar-refractivity contribution in [3.8, 4) is 0 Å². The lowest BCUT2D eigenvalue weighted by Gasteiger charge is -2.17. The van der Waals surface area contributed by atoms with E-state index in [1.807, 2.05) is 12.1 Å². The summed E-state index contributed by atoms with van der Waals surface area (Å²) in [5.41, 5.74) is 1.38. The lowest BCUT2D eigenvalue weighted by Crippen LogP contribution is -2.26. The van der Waals surface area contributed by atoms with Gasteiger partial charge in [-0.2, -0.15) is 0 Å². The molecule has 7 heteroatoms. The monoisotopic (exact) mass is 333 g/mol. The van der Waals surface area contributed by atoms with Crippen molar-refractivity contribution < 1.29 is 9.72 Å². The summed E-state index contributed by atoms with van der Waals surface area (Å²) in [6.07, 6.45) is 0. The molecule has 120 valence electrons. The average Bonchev–Trinajstić information content (AvgIpc) is 2.53. The summed E-state index contributed by atoms with van der Waals surface area (Å²) < 4.78 is 0. The maximum Gasteiger partial charge on any atom is 0.293 e. The minimum atomic E-state index is -0.514. The molecule has 0 fully saturated rings. The zero-order chi connectivity index (χ0) is 17.0. The second-order valence-corrected chi connectivity index (χ2v) is 5.47. The van der Waals surface area contributed by atoms with Crippen LogP contribution in [-0.4, -0.2) is 29.8 Å². The lowest BCUT2D eigenvalue weighted by atomic mass is 10.1. The number of amides is 1. The molecule has 2 rings (SSSR count). The van der Waals surface area contributed by atoms with Gasteiger partial charge in [0.15, 0.2) is 0 Å². The largest absolute Gasteiger partial charge is 0.383 e. The molecular formula is C16H16ClN3O3. The van der Waals surface area contributed by atoms with E-state index in [4.69, 9.17) is 11.6 Å². The number of hydrogen-bond acceptors (Lipinski definition) is 4. The molecule has 0 unspecified atom stereocenters. The summed E-state index contributed by atoms with van der Waals surface area (Å²) in [7, 11) is 3.23. The Kier molecular flexibility index (Phi) is 5.18. The highest BCUT2D eigenvalue weighted by Crippen LogP contribution is 2.25. The molecule has 0 radical (unpaired) electrons. The van der Waals surface area contributed by atoms with Gasteiger partial charge in [0.2, 0.25) is 0 Å². The third-order valence-corrected chi connectivity index (χ3v) is 3.60. The molecule has 0 heterocycles. The molecule has 0 aliphatic rings. The number of nitrogens with one attached hydrogen (secondary N) is 1. The van der Waals surface area contributed by atoms with Gasteiger partial charge in [-0.15, -0.1) is 0 Å². The Morgan fingerprint density at radius 2 is 2.04 bits per heavy atom. The second kappa shape index (κ2) is 7.11. The Labute approximate surface area is 138 Å². The summed E-state index contributed by atoms with van der Waals surface area (Å²) in [5.74, 6) is -0.296. The van der Waals surface area contributed by atoms with Crippen molar-refractivity contribution in [1.82, 2.24) is 4.90 Å². The number of halogens is 1. The maximum absolute atomic E-state index is 12.5. The summed E-state index contributed by atoms with van der Waals surface area (Å²) in [6, 6.07) is 11.6. The lowest BCUT2D eigenvalue weighted by molar-refractivity contribution is -0.384. The first kappa shape index (κ1) is 16.8. The van der Waals surface area contributed by atoms with Crippen LogP contribution in [0.5, 0.6) is 0 Å². The second-order valence-electron chi connectivity index (χ2n) is 5.03. The van der Waals surface area contributed by atoms with Crippen molar-refractivity contribution in [3.05, 3.63) is 68.7 Å². The molecule has 0 spiro atoms.